The molecule has 4 rings (SSSR count). The molecule has 2 heterocycles. The summed E-state index contributed by atoms with van der Waals surface area (Å²) < 4.78 is 7.96. The molecule has 1 aliphatic rings. The standard InChI is InChI=1S/C25H26N6O3S/c1-30(2)18-6-7-23-28-14-20(31(23)19(18)13-27)16-10-21(17(12-26)22(11-16)35-3)34-15-25(29-24(32)33)8-4-5-9-25/h6-7,10-11,14,29H,4-5,8-9,15H2,1-3H3,(H,32,33). The number of ether oxygens (including phenoxy) is 1. The van der Waals surface area contributed by atoms with Gasteiger partial charge < -0.3 is 20.1 Å². The van der Waals surface area contributed by atoms with Crippen LogP contribution in [0.3, 0.4) is 0 Å². The summed E-state index contributed by atoms with van der Waals surface area (Å²) in [7, 11) is 3.75. The van der Waals surface area contributed by atoms with Crippen molar-refractivity contribution in [3.63, 3.8) is 0 Å². The first kappa shape index (κ1) is 24.2. The van der Waals surface area contributed by atoms with Gasteiger partial charge in [-0.1, -0.05) is 12.8 Å². The summed E-state index contributed by atoms with van der Waals surface area (Å²) in [6.45, 7) is 0.132. The minimum Gasteiger partial charge on any atom is -0.490 e. The number of amides is 1. The average molecular weight is 491 g/mol. The van der Waals surface area contributed by atoms with E-state index in [0.29, 0.717) is 41.2 Å². The summed E-state index contributed by atoms with van der Waals surface area (Å²) in [5.41, 5.74) is 3.01. The number of nitrogens with zero attached hydrogens (tertiary/aromatic N) is 5. The van der Waals surface area contributed by atoms with Crippen LogP contribution in [-0.2, 0) is 0 Å². The Morgan fingerprint density at radius 3 is 2.63 bits per heavy atom. The Labute approximate surface area is 207 Å². The van der Waals surface area contributed by atoms with Crippen LogP contribution in [0.1, 0.15) is 36.9 Å². The van der Waals surface area contributed by atoms with Crippen LogP contribution in [0.4, 0.5) is 10.5 Å². The van der Waals surface area contributed by atoms with Crippen LogP contribution in [0.5, 0.6) is 5.75 Å². The van der Waals surface area contributed by atoms with Gasteiger partial charge in [0.05, 0.1) is 23.1 Å². The fourth-order valence-corrected chi connectivity index (χ4v) is 5.26. The van der Waals surface area contributed by atoms with Gasteiger partial charge in [-0.2, -0.15) is 10.5 Å². The fourth-order valence-electron chi connectivity index (χ4n) is 4.66. The molecule has 0 unspecified atom stereocenters. The number of nitriles is 2. The second-order valence-corrected chi connectivity index (χ2v) is 9.63. The Bertz CT molecular complexity index is 1360. The molecule has 35 heavy (non-hydrogen) atoms. The van der Waals surface area contributed by atoms with E-state index in [9.17, 15) is 20.4 Å². The molecule has 9 nitrogen and oxygen atoms in total. The summed E-state index contributed by atoms with van der Waals surface area (Å²) in [5.74, 6) is 0.380. The molecule has 1 saturated carbocycles. The quantitative estimate of drug-likeness (QED) is 0.464. The van der Waals surface area contributed by atoms with Gasteiger partial charge in [0.25, 0.3) is 0 Å². The molecule has 0 atom stereocenters. The number of hydrogen-bond acceptors (Lipinski definition) is 7. The molecule has 0 spiro atoms. The second-order valence-electron chi connectivity index (χ2n) is 8.78. The Morgan fingerprint density at radius 1 is 1.29 bits per heavy atom. The third-order valence-electron chi connectivity index (χ3n) is 6.36. The number of imidazole rings is 1. The molecule has 1 aromatic carbocycles. The maximum absolute atomic E-state index is 11.4. The maximum atomic E-state index is 11.4. The van der Waals surface area contributed by atoms with Crippen molar-refractivity contribution in [2.75, 3.05) is 31.9 Å². The summed E-state index contributed by atoms with van der Waals surface area (Å²) in [6, 6.07) is 11.9. The number of thioether (sulfide) groups is 1. The van der Waals surface area contributed by atoms with Crippen molar-refractivity contribution < 1.29 is 14.6 Å². The molecule has 2 aromatic heterocycles. The Balaban J connectivity index is 1.82. The number of nitrogens with one attached hydrogen (secondary N) is 1. The molecular formula is C25H26N6O3S. The minimum absolute atomic E-state index is 0.132. The lowest BCUT2D eigenvalue weighted by Gasteiger charge is -2.29. The Hall–Kier alpha value is -3.89. The van der Waals surface area contributed by atoms with E-state index in [0.717, 1.165) is 29.0 Å². The number of aromatic nitrogens is 2. The summed E-state index contributed by atoms with van der Waals surface area (Å²) >= 11 is 1.42. The average Bonchev–Trinajstić information content (AvgIpc) is 3.48. The minimum atomic E-state index is -1.08. The monoisotopic (exact) mass is 490 g/mol. The Morgan fingerprint density at radius 2 is 2.03 bits per heavy atom. The third kappa shape index (κ3) is 4.58. The summed E-state index contributed by atoms with van der Waals surface area (Å²) in [5, 5.41) is 31.8. The first-order valence-electron chi connectivity index (χ1n) is 11.2. The van der Waals surface area contributed by atoms with Gasteiger partial charge in [0, 0.05) is 24.6 Å². The molecule has 180 valence electrons. The SMILES string of the molecule is CSc1cc(-c2cnc3ccc(N(C)C)c(C#N)n23)cc(OCC2(NC(=O)O)CCCC2)c1C#N. The van der Waals surface area contributed by atoms with E-state index in [1.165, 1.54) is 11.8 Å². The van der Waals surface area contributed by atoms with Crippen molar-refractivity contribution in [2.24, 2.45) is 0 Å². The van der Waals surface area contributed by atoms with Crippen LogP contribution in [0.2, 0.25) is 0 Å². The van der Waals surface area contributed by atoms with Gasteiger partial charge >= 0.3 is 6.09 Å². The van der Waals surface area contributed by atoms with E-state index < -0.39 is 11.6 Å². The van der Waals surface area contributed by atoms with Crippen molar-refractivity contribution in [1.29, 1.82) is 10.5 Å². The lowest BCUT2D eigenvalue weighted by molar-refractivity contribution is 0.149. The molecule has 1 aliphatic carbocycles. The van der Waals surface area contributed by atoms with Crippen molar-refractivity contribution >= 4 is 29.2 Å². The largest absolute Gasteiger partial charge is 0.490 e. The van der Waals surface area contributed by atoms with Gasteiger partial charge in [-0.15, -0.1) is 11.8 Å². The Kier molecular flexibility index (Phi) is 6.77. The smallest absolute Gasteiger partial charge is 0.405 e. The number of fused-ring (bicyclic) bond motifs is 1. The predicted molar refractivity (Wildman–Crippen MR) is 134 cm³/mol. The molecule has 10 heteroatoms. The number of carbonyl (C=O) groups is 1. The lowest BCUT2D eigenvalue weighted by Crippen LogP contribution is -2.50. The topological polar surface area (TPSA) is 127 Å². The molecule has 0 aliphatic heterocycles. The zero-order chi connectivity index (χ0) is 25.2. The van der Waals surface area contributed by atoms with Gasteiger partial charge in [0.2, 0.25) is 0 Å². The zero-order valence-electron chi connectivity index (χ0n) is 19.8. The lowest BCUT2D eigenvalue weighted by atomic mass is 9.99. The van der Waals surface area contributed by atoms with Crippen LogP contribution >= 0.6 is 11.8 Å². The van der Waals surface area contributed by atoms with E-state index >= 15 is 0 Å². The van der Waals surface area contributed by atoms with E-state index in [2.05, 4.69) is 22.4 Å². The number of pyridine rings is 1. The summed E-state index contributed by atoms with van der Waals surface area (Å²) in [6.07, 6.45) is 5.70. The zero-order valence-corrected chi connectivity index (χ0v) is 20.6. The van der Waals surface area contributed by atoms with Gasteiger partial charge in [0.15, 0.2) is 0 Å². The van der Waals surface area contributed by atoms with Crippen LogP contribution in [0.15, 0.2) is 35.4 Å². The van der Waals surface area contributed by atoms with Crippen LogP contribution in [-0.4, -0.2) is 53.1 Å². The number of benzene rings is 1. The highest BCUT2D eigenvalue weighted by Gasteiger charge is 2.36. The van der Waals surface area contributed by atoms with Crippen LogP contribution in [0.25, 0.3) is 16.9 Å². The molecule has 1 amide bonds. The highest BCUT2D eigenvalue weighted by Crippen LogP contribution is 2.37. The van der Waals surface area contributed by atoms with Gasteiger partial charge in [-0.05, 0) is 43.4 Å². The van der Waals surface area contributed by atoms with E-state index in [4.69, 9.17) is 4.74 Å². The summed E-state index contributed by atoms with van der Waals surface area (Å²) in [4.78, 5) is 18.5. The highest BCUT2D eigenvalue weighted by atomic mass is 32.2. The molecule has 0 bridgehead atoms. The van der Waals surface area contributed by atoms with Crippen LogP contribution in [0, 0.1) is 22.7 Å². The molecule has 2 N–H and O–H groups in total. The second kappa shape index (κ2) is 9.77. The van der Waals surface area contributed by atoms with Crippen molar-refractivity contribution in [2.45, 2.75) is 36.1 Å². The van der Waals surface area contributed by atoms with E-state index in [1.54, 1.807) is 16.7 Å². The predicted octanol–water partition coefficient (Wildman–Crippen LogP) is 4.49. The van der Waals surface area contributed by atoms with Crippen molar-refractivity contribution in [1.82, 2.24) is 14.7 Å². The number of rotatable bonds is 7. The number of carboxylic acid groups (broad SMARTS) is 1. The first-order valence-corrected chi connectivity index (χ1v) is 12.4. The highest BCUT2D eigenvalue weighted by molar-refractivity contribution is 7.98. The molecule has 3 aromatic rings. The normalized spacial score (nSPS) is 14.3. The third-order valence-corrected chi connectivity index (χ3v) is 7.13. The molecule has 1 fully saturated rings. The number of hydrogen-bond donors (Lipinski definition) is 2. The van der Waals surface area contributed by atoms with Crippen LogP contribution < -0.4 is 15.0 Å². The first-order chi connectivity index (χ1) is 16.8. The van der Waals surface area contributed by atoms with E-state index in [1.807, 2.05) is 43.5 Å². The van der Waals surface area contributed by atoms with Crippen molar-refractivity contribution in [3.8, 4) is 29.1 Å². The van der Waals surface area contributed by atoms with Crippen molar-refractivity contribution in [3.05, 3.63) is 41.7 Å². The van der Waals surface area contributed by atoms with Gasteiger partial charge in [-0.25, -0.2) is 9.78 Å². The molecular weight excluding hydrogens is 464 g/mol. The maximum Gasteiger partial charge on any atom is 0.405 e. The number of anilines is 1. The van der Waals surface area contributed by atoms with E-state index in [-0.39, 0.29) is 6.61 Å². The van der Waals surface area contributed by atoms with Gasteiger partial charge in [0.1, 0.15) is 41.4 Å². The molecule has 0 saturated heterocycles. The van der Waals surface area contributed by atoms with Gasteiger partial charge in [-0.3, -0.25) is 4.40 Å². The molecule has 0 radical (unpaired) electrons. The fraction of sp³-hybridized carbons (Fsp3) is 0.360.